The lowest BCUT2D eigenvalue weighted by Gasteiger charge is -2.09. The maximum atomic E-state index is 13.0. The Morgan fingerprint density at radius 2 is 1.68 bits per heavy atom. The predicted molar refractivity (Wildman–Crippen MR) is 68.6 cm³/mol. The molecule has 19 heavy (non-hydrogen) atoms. The Labute approximate surface area is 113 Å². The summed E-state index contributed by atoms with van der Waals surface area (Å²) in [6.45, 7) is 0. The molecule has 2 rings (SSSR count). The van der Waals surface area contributed by atoms with Crippen LogP contribution in [0.25, 0.3) is 0 Å². The topological polar surface area (TPSA) is 46.2 Å². The molecule has 0 aliphatic heterocycles. The fourth-order valence-electron chi connectivity index (χ4n) is 1.39. The van der Waals surface area contributed by atoms with E-state index in [2.05, 4.69) is 4.72 Å². The minimum absolute atomic E-state index is 0.161. The lowest BCUT2D eigenvalue weighted by molar-refractivity contribution is 0.504. The summed E-state index contributed by atoms with van der Waals surface area (Å²) in [5, 5.41) is 0.202. The maximum Gasteiger partial charge on any atom is 0.262 e. The summed E-state index contributed by atoms with van der Waals surface area (Å²) in [6, 6.07) is 8.51. The molecule has 0 aliphatic rings. The van der Waals surface area contributed by atoms with Crippen molar-refractivity contribution in [1.29, 1.82) is 0 Å². The number of para-hydroxylation sites is 1. The Kier molecular flexibility index (Phi) is 3.73. The molecule has 0 atom stereocenters. The van der Waals surface area contributed by atoms with Crippen LogP contribution in [-0.2, 0) is 10.0 Å². The van der Waals surface area contributed by atoms with Crippen molar-refractivity contribution < 1.29 is 17.2 Å². The van der Waals surface area contributed by atoms with Crippen LogP contribution in [0.15, 0.2) is 47.4 Å². The molecule has 0 aliphatic carbocycles. The molecule has 0 spiro atoms. The zero-order valence-corrected chi connectivity index (χ0v) is 11.0. The number of sulfonamides is 1. The highest BCUT2D eigenvalue weighted by molar-refractivity contribution is 7.92. The van der Waals surface area contributed by atoms with Crippen molar-refractivity contribution in [3.63, 3.8) is 0 Å². The molecule has 0 amide bonds. The molecule has 0 bridgehead atoms. The molecule has 0 heterocycles. The summed E-state index contributed by atoms with van der Waals surface area (Å²) in [4.78, 5) is -0.383. The van der Waals surface area contributed by atoms with Gasteiger partial charge in [-0.05, 0) is 30.3 Å². The zero-order valence-electron chi connectivity index (χ0n) is 9.40. The van der Waals surface area contributed by atoms with Crippen LogP contribution in [0.1, 0.15) is 0 Å². The Morgan fingerprint density at radius 1 is 1.00 bits per heavy atom. The SMILES string of the molecule is O=S(=O)(Nc1ccccc1Cl)c1ccc(F)c(F)c1. The quantitative estimate of drug-likeness (QED) is 0.944. The molecular weight excluding hydrogens is 296 g/mol. The van der Waals surface area contributed by atoms with Gasteiger partial charge in [0, 0.05) is 0 Å². The first-order valence-electron chi connectivity index (χ1n) is 5.12. The molecule has 3 nitrogen and oxygen atoms in total. The average molecular weight is 304 g/mol. The van der Waals surface area contributed by atoms with Gasteiger partial charge in [0.25, 0.3) is 10.0 Å². The van der Waals surface area contributed by atoms with E-state index in [1.165, 1.54) is 12.1 Å². The summed E-state index contributed by atoms with van der Waals surface area (Å²) < 4.78 is 51.9. The molecule has 100 valence electrons. The third-order valence-electron chi connectivity index (χ3n) is 2.32. The summed E-state index contributed by atoms with van der Waals surface area (Å²) in [7, 11) is -4.02. The van der Waals surface area contributed by atoms with E-state index < -0.39 is 21.7 Å². The highest BCUT2D eigenvalue weighted by Gasteiger charge is 2.17. The first-order valence-corrected chi connectivity index (χ1v) is 6.99. The number of hydrogen-bond acceptors (Lipinski definition) is 2. The van der Waals surface area contributed by atoms with Gasteiger partial charge >= 0.3 is 0 Å². The Bertz CT molecular complexity index is 719. The number of rotatable bonds is 3. The molecule has 2 aromatic carbocycles. The second-order valence-corrected chi connectivity index (χ2v) is 5.75. The third kappa shape index (κ3) is 3.02. The lowest BCUT2D eigenvalue weighted by atomic mass is 10.3. The van der Waals surface area contributed by atoms with Crippen LogP contribution < -0.4 is 4.72 Å². The monoisotopic (exact) mass is 303 g/mol. The molecule has 0 unspecified atom stereocenters. The normalized spacial score (nSPS) is 11.3. The van der Waals surface area contributed by atoms with Crippen molar-refractivity contribution >= 4 is 27.3 Å². The van der Waals surface area contributed by atoms with E-state index in [9.17, 15) is 17.2 Å². The van der Waals surface area contributed by atoms with Crippen LogP contribution in [0.4, 0.5) is 14.5 Å². The van der Waals surface area contributed by atoms with Gasteiger partial charge in [0.05, 0.1) is 15.6 Å². The van der Waals surface area contributed by atoms with Crippen LogP contribution >= 0.6 is 11.6 Å². The van der Waals surface area contributed by atoms with Gasteiger partial charge in [-0.2, -0.15) is 0 Å². The van der Waals surface area contributed by atoms with Crippen LogP contribution in [0, 0.1) is 11.6 Å². The Hall–Kier alpha value is -1.66. The summed E-state index contributed by atoms with van der Waals surface area (Å²) in [5.74, 6) is -2.35. The van der Waals surface area contributed by atoms with Crippen molar-refractivity contribution in [2.75, 3.05) is 4.72 Å². The van der Waals surface area contributed by atoms with E-state index in [0.717, 1.165) is 12.1 Å². The summed E-state index contributed by atoms with van der Waals surface area (Å²) in [5.41, 5.74) is 0.161. The predicted octanol–water partition coefficient (Wildman–Crippen LogP) is 3.42. The average Bonchev–Trinajstić information content (AvgIpc) is 2.35. The maximum absolute atomic E-state index is 13.0. The number of hydrogen-bond donors (Lipinski definition) is 1. The number of benzene rings is 2. The highest BCUT2D eigenvalue weighted by atomic mass is 35.5. The van der Waals surface area contributed by atoms with Crippen LogP contribution in [0.3, 0.4) is 0 Å². The Morgan fingerprint density at radius 3 is 2.32 bits per heavy atom. The van der Waals surface area contributed by atoms with Crippen molar-refractivity contribution in [3.05, 3.63) is 59.1 Å². The van der Waals surface area contributed by atoms with E-state index in [1.807, 2.05) is 0 Å². The standard InChI is InChI=1S/C12H8ClF2NO2S/c13-9-3-1-2-4-12(9)16-19(17,18)8-5-6-10(14)11(15)7-8/h1-7,16H. The van der Waals surface area contributed by atoms with Crippen molar-refractivity contribution in [2.45, 2.75) is 4.90 Å². The van der Waals surface area contributed by atoms with Gasteiger partial charge in [0.1, 0.15) is 0 Å². The smallest absolute Gasteiger partial charge is 0.262 e. The fraction of sp³-hybridized carbons (Fsp3) is 0. The first kappa shape index (κ1) is 13.8. The number of nitrogens with one attached hydrogen (secondary N) is 1. The van der Waals surface area contributed by atoms with Gasteiger partial charge in [-0.15, -0.1) is 0 Å². The molecule has 0 radical (unpaired) electrons. The molecule has 7 heteroatoms. The number of anilines is 1. The Balaban J connectivity index is 2.38. The van der Waals surface area contributed by atoms with Gasteiger partial charge in [-0.1, -0.05) is 23.7 Å². The third-order valence-corrected chi connectivity index (χ3v) is 4.01. The minimum atomic E-state index is -4.02. The second kappa shape index (κ2) is 5.14. The van der Waals surface area contributed by atoms with E-state index in [0.29, 0.717) is 6.07 Å². The molecule has 0 saturated carbocycles. The number of halogens is 3. The largest absolute Gasteiger partial charge is 0.278 e. The summed E-state index contributed by atoms with van der Waals surface area (Å²) >= 11 is 5.81. The van der Waals surface area contributed by atoms with Crippen molar-refractivity contribution in [2.24, 2.45) is 0 Å². The van der Waals surface area contributed by atoms with Crippen molar-refractivity contribution in [1.82, 2.24) is 0 Å². The van der Waals surface area contributed by atoms with Crippen molar-refractivity contribution in [3.8, 4) is 0 Å². The van der Waals surface area contributed by atoms with Gasteiger partial charge < -0.3 is 0 Å². The van der Waals surface area contributed by atoms with Gasteiger partial charge in [0.2, 0.25) is 0 Å². The molecule has 0 fully saturated rings. The molecule has 0 saturated heterocycles. The fourth-order valence-corrected chi connectivity index (χ4v) is 2.72. The molecule has 2 aromatic rings. The molecular formula is C12H8ClF2NO2S. The van der Waals surface area contributed by atoms with Gasteiger partial charge in [-0.3, -0.25) is 4.72 Å². The summed E-state index contributed by atoms with van der Waals surface area (Å²) in [6.07, 6.45) is 0. The van der Waals surface area contributed by atoms with Gasteiger partial charge in [0.15, 0.2) is 11.6 Å². The second-order valence-electron chi connectivity index (χ2n) is 3.66. The lowest BCUT2D eigenvalue weighted by Crippen LogP contribution is -2.13. The van der Waals surface area contributed by atoms with Crippen LogP contribution in [0.5, 0.6) is 0 Å². The zero-order chi connectivity index (χ0) is 14.0. The highest BCUT2D eigenvalue weighted by Crippen LogP contribution is 2.24. The molecule has 0 aromatic heterocycles. The van der Waals surface area contributed by atoms with Crippen LogP contribution in [0.2, 0.25) is 5.02 Å². The van der Waals surface area contributed by atoms with E-state index in [1.54, 1.807) is 12.1 Å². The van der Waals surface area contributed by atoms with E-state index in [-0.39, 0.29) is 15.6 Å². The molecule has 1 N–H and O–H groups in total. The minimum Gasteiger partial charge on any atom is -0.278 e. The first-order chi connectivity index (χ1) is 8.90. The van der Waals surface area contributed by atoms with E-state index >= 15 is 0 Å². The van der Waals surface area contributed by atoms with Crippen LogP contribution in [-0.4, -0.2) is 8.42 Å². The van der Waals surface area contributed by atoms with Gasteiger partial charge in [-0.25, -0.2) is 17.2 Å². The van der Waals surface area contributed by atoms with E-state index in [4.69, 9.17) is 11.6 Å².